The van der Waals surface area contributed by atoms with E-state index in [0.717, 1.165) is 17.3 Å². The van der Waals surface area contributed by atoms with Crippen LogP contribution in [0.1, 0.15) is 11.4 Å². The Morgan fingerprint density at radius 2 is 1.79 bits per heavy atom. The molecular weight excluding hydrogens is 372 g/mol. The van der Waals surface area contributed by atoms with Crippen molar-refractivity contribution in [2.24, 2.45) is 0 Å². The first-order chi connectivity index (χ1) is 13.5. The summed E-state index contributed by atoms with van der Waals surface area (Å²) in [5.41, 5.74) is 2.19. The second-order valence-electron chi connectivity index (χ2n) is 6.47. The van der Waals surface area contributed by atoms with Crippen LogP contribution in [-0.4, -0.2) is 51.5 Å². The number of nitrogens with zero attached hydrogens (tertiary/aromatic N) is 4. The van der Waals surface area contributed by atoms with Gasteiger partial charge in [0.15, 0.2) is 5.16 Å². The number of carbonyl (C=O) groups excluding carboxylic acids is 1. The van der Waals surface area contributed by atoms with Gasteiger partial charge in [-0.25, -0.2) is 0 Å². The Labute approximate surface area is 169 Å². The molecule has 0 N–H and O–H groups in total. The quantitative estimate of drug-likeness (QED) is 0.545. The van der Waals surface area contributed by atoms with E-state index in [9.17, 15) is 4.79 Å². The fraction of sp³-hybridized carbons (Fsp3) is 0.286. The lowest BCUT2D eigenvalue weighted by Gasteiger charge is -2.17. The summed E-state index contributed by atoms with van der Waals surface area (Å²) in [6, 6.07) is 17.8. The third kappa shape index (κ3) is 5.13. The normalized spacial score (nSPS) is 10.7. The van der Waals surface area contributed by atoms with Gasteiger partial charge in [-0.1, -0.05) is 47.7 Å². The standard InChI is InChI=1S/C21H24N4O2S/c1-16-9-11-18(12-10-16)25-17(2)22-23-21(25)28-15-20(26)24(3)13-14-27-19-7-5-4-6-8-19/h4-12H,13-15H2,1-3H3. The summed E-state index contributed by atoms with van der Waals surface area (Å²) in [5.74, 6) is 1.92. The number of carbonyl (C=O) groups is 1. The SMILES string of the molecule is Cc1ccc(-n2c(C)nnc2SCC(=O)N(C)CCOc2ccccc2)cc1. The van der Waals surface area contributed by atoms with Gasteiger partial charge in [-0.3, -0.25) is 9.36 Å². The van der Waals surface area contributed by atoms with Crippen LogP contribution in [0.2, 0.25) is 0 Å². The fourth-order valence-corrected chi connectivity index (χ4v) is 3.54. The lowest BCUT2D eigenvalue weighted by molar-refractivity contribution is -0.127. The Balaban J connectivity index is 1.53. The van der Waals surface area contributed by atoms with E-state index in [2.05, 4.69) is 29.3 Å². The highest BCUT2D eigenvalue weighted by atomic mass is 32.2. The van der Waals surface area contributed by atoms with Crippen LogP contribution in [0.4, 0.5) is 0 Å². The van der Waals surface area contributed by atoms with Crippen LogP contribution in [0.3, 0.4) is 0 Å². The predicted molar refractivity (Wildman–Crippen MR) is 111 cm³/mol. The Bertz CT molecular complexity index is 910. The summed E-state index contributed by atoms with van der Waals surface area (Å²) < 4.78 is 7.62. The summed E-state index contributed by atoms with van der Waals surface area (Å²) in [5, 5.41) is 9.11. The number of ether oxygens (including phenoxy) is 1. The van der Waals surface area contributed by atoms with Crippen LogP contribution in [0, 0.1) is 13.8 Å². The topological polar surface area (TPSA) is 60.2 Å². The second-order valence-corrected chi connectivity index (χ2v) is 7.41. The number of thioether (sulfide) groups is 1. The van der Waals surface area contributed by atoms with Gasteiger partial charge in [0.1, 0.15) is 18.2 Å². The van der Waals surface area contributed by atoms with Gasteiger partial charge in [0.2, 0.25) is 5.91 Å². The molecule has 0 spiro atoms. The van der Waals surface area contributed by atoms with Crippen molar-refractivity contribution in [3.05, 3.63) is 66.0 Å². The molecule has 0 atom stereocenters. The van der Waals surface area contributed by atoms with E-state index >= 15 is 0 Å². The van der Waals surface area contributed by atoms with Crippen LogP contribution < -0.4 is 4.74 Å². The molecule has 0 radical (unpaired) electrons. The molecular formula is C21H24N4O2S. The number of likely N-dealkylation sites (N-methyl/N-ethyl adjacent to an activating group) is 1. The van der Waals surface area contributed by atoms with E-state index in [1.165, 1.54) is 17.3 Å². The van der Waals surface area contributed by atoms with E-state index in [4.69, 9.17) is 4.74 Å². The number of benzene rings is 2. The van der Waals surface area contributed by atoms with Crippen LogP contribution in [0.5, 0.6) is 5.75 Å². The number of rotatable bonds is 8. The fourth-order valence-electron chi connectivity index (χ4n) is 2.61. The van der Waals surface area contributed by atoms with Crippen molar-refractivity contribution in [2.75, 3.05) is 26.0 Å². The molecule has 0 saturated heterocycles. The molecule has 28 heavy (non-hydrogen) atoms. The zero-order chi connectivity index (χ0) is 19.9. The average Bonchev–Trinajstić information content (AvgIpc) is 3.08. The molecule has 1 heterocycles. The number of aromatic nitrogens is 3. The molecule has 0 aliphatic heterocycles. The summed E-state index contributed by atoms with van der Waals surface area (Å²) in [6.07, 6.45) is 0. The molecule has 146 valence electrons. The van der Waals surface area contributed by atoms with Gasteiger partial charge in [0.25, 0.3) is 0 Å². The molecule has 0 unspecified atom stereocenters. The second kappa shape index (κ2) is 9.41. The first-order valence-electron chi connectivity index (χ1n) is 9.08. The maximum absolute atomic E-state index is 12.5. The van der Waals surface area contributed by atoms with Crippen molar-refractivity contribution in [1.29, 1.82) is 0 Å². The van der Waals surface area contributed by atoms with Gasteiger partial charge < -0.3 is 9.64 Å². The van der Waals surface area contributed by atoms with Crippen LogP contribution >= 0.6 is 11.8 Å². The van der Waals surface area contributed by atoms with Crippen LogP contribution in [-0.2, 0) is 4.79 Å². The highest BCUT2D eigenvalue weighted by Crippen LogP contribution is 2.22. The van der Waals surface area contributed by atoms with Gasteiger partial charge in [-0.2, -0.15) is 0 Å². The first kappa shape index (κ1) is 19.9. The molecule has 3 rings (SSSR count). The number of aryl methyl sites for hydroxylation is 2. The lowest BCUT2D eigenvalue weighted by atomic mass is 10.2. The summed E-state index contributed by atoms with van der Waals surface area (Å²) in [6.45, 7) is 4.94. The molecule has 0 bridgehead atoms. The predicted octanol–water partition coefficient (Wildman–Crippen LogP) is 3.51. The molecule has 0 aliphatic rings. The van der Waals surface area contributed by atoms with Gasteiger partial charge in [0, 0.05) is 12.7 Å². The van der Waals surface area contributed by atoms with E-state index < -0.39 is 0 Å². The van der Waals surface area contributed by atoms with Gasteiger partial charge in [-0.05, 0) is 38.1 Å². The molecule has 1 aromatic heterocycles. The molecule has 7 heteroatoms. The lowest BCUT2D eigenvalue weighted by Crippen LogP contribution is -2.32. The smallest absolute Gasteiger partial charge is 0.232 e. The third-order valence-corrected chi connectivity index (χ3v) is 5.19. The maximum Gasteiger partial charge on any atom is 0.232 e. The maximum atomic E-state index is 12.5. The van der Waals surface area contributed by atoms with Crippen molar-refractivity contribution < 1.29 is 9.53 Å². The summed E-state index contributed by atoms with van der Waals surface area (Å²) in [4.78, 5) is 14.1. The van der Waals surface area contributed by atoms with Crippen LogP contribution in [0.25, 0.3) is 5.69 Å². The average molecular weight is 397 g/mol. The molecule has 2 aromatic carbocycles. The number of amides is 1. The van der Waals surface area contributed by atoms with Crippen molar-refractivity contribution >= 4 is 17.7 Å². The molecule has 6 nitrogen and oxygen atoms in total. The van der Waals surface area contributed by atoms with E-state index in [1.54, 1.807) is 11.9 Å². The van der Waals surface area contributed by atoms with E-state index in [-0.39, 0.29) is 5.91 Å². The van der Waals surface area contributed by atoms with E-state index in [0.29, 0.717) is 24.1 Å². The highest BCUT2D eigenvalue weighted by molar-refractivity contribution is 7.99. The van der Waals surface area contributed by atoms with Crippen molar-refractivity contribution in [3.63, 3.8) is 0 Å². The zero-order valence-corrected chi connectivity index (χ0v) is 17.1. The van der Waals surface area contributed by atoms with Crippen molar-refractivity contribution in [1.82, 2.24) is 19.7 Å². The molecule has 1 amide bonds. The third-order valence-electron chi connectivity index (χ3n) is 4.28. The molecule has 0 fully saturated rings. The zero-order valence-electron chi connectivity index (χ0n) is 16.3. The number of para-hydroxylation sites is 1. The minimum absolute atomic E-state index is 0.0257. The first-order valence-corrected chi connectivity index (χ1v) is 10.1. The minimum atomic E-state index is 0.0257. The Morgan fingerprint density at radius 1 is 1.07 bits per heavy atom. The Morgan fingerprint density at radius 3 is 2.50 bits per heavy atom. The number of hydrogen-bond acceptors (Lipinski definition) is 5. The Hall–Kier alpha value is -2.80. The van der Waals surface area contributed by atoms with Gasteiger partial charge >= 0.3 is 0 Å². The molecule has 0 aliphatic carbocycles. The van der Waals surface area contributed by atoms with Gasteiger partial charge in [-0.15, -0.1) is 10.2 Å². The molecule has 0 saturated carbocycles. The van der Waals surface area contributed by atoms with Crippen molar-refractivity contribution in [3.8, 4) is 11.4 Å². The largest absolute Gasteiger partial charge is 0.492 e. The van der Waals surface area contributed by atoms with Gasteiger partial charge in [0.05, 0.1) is 12.3 Å². The monoisotopic (exact) mass is 396 g/mol. The van der Waals surface area contributed by atoms with E-state index in [1.807, 2.05) is 54.0 Å². The highest BCUT2D eigenvalue weighted by Gasteiger charge is 2.15. The summed E-state index contributed by atoms with van der Waals surface area (Å²) in [7, 11) is 1.78. The Kier molecular flexibility index (Phi) is 6.71. The number of hydrogen-bond donors (Lipinski definition) is 0. The minimum Gasteiger partial charge on any atom is -0.492 e. The van der Waals surface area contributed by atoms with Crippen LogP contribution in [0.15, 0.2) is 59.8 Å². The van der Waals surface area contributed by atoms with Crippen molar-refractivity contribution in [2.45, 2.75) is 19.0 Å². The molecule has 3 aromatic rings. The summed E-state index contributed by atoms with van der Waals surface area (Å²) >= 11 is 1.39.